The van der Waals surface area contributed by atoms with E-state index in [9.17, 15) is 24.0 Å². The zero-order valence-electron chi connectivity index (χ0n) is 21.8. The Kier molecular flexibility index (Phi) is 9.22. The maximum Gasteiger partial charge on any atom is 0.335 e. The third-order valence-corrected chi connectivity index (χ3v) is 6.46. The van der Waals surface area contributed by atoms with E-state index < -0.39 is 17.8 Å². The molecule has 2 aromatic rings. The summed E-state index contributed by atoms with van der Waals surface area (Å²) in [6.45, 7) is 2.80. The molecule has 39 heavy (non-hydrogen) atoms. The molecule has 0 aliphatic carbocycles. The molecule has 4 rings (SSSR count). The summed E-state index contributed by atoms with van der Waals surface area (Å²) < 4.78 is 5.32. The van der Waals surface area contributed by atoms with Crippen molar-refractivity contribution < 1.29 is 33.5 Å². The van der Waals surface area contributed by atoms with E-state index >= 15 is 0 Å². The van der Waals surface area contributed by atoms with Crippen LogP contribution in [0, 0.1) is 0 Å². The molecule has 0 aromatic heterocycles. The van der Waals surface area contributed by atoms with Crippen LogP contribution in [0.1, 0.15) is 55.7 Å². The molecule has 4 amide bonds. The Bertz CT molecular complexity index is 1290. The number of hydrogen-bond acceptors (Lipinski definition) is 7. The minimum atomic E-state index is -0.750. The lowest BCUT2D eigenvalue weighted by molar-refractivity contribution is -0.198. The van der Waals surface area contributed by atoms with Gasteiger partial charge in [0.15, 0.2) is 0 Å². The van der Waals surface area contributed by atoms with E-state index in [1.165, 1.54) is 0 Å². The summed E-state index contributed by atoms with van der Waals surface area (Å²) in [5.41, 5.74) is 4.94. The smallest absolute Gasteiger partial charge is 0.335 e. The van der Waals surface area contributed by atoms with Crippen LogP contribution in [0.15, 0.2) is 48.5 Å². The number of rotatable bonds is 10. The maximum atomic E-state index is 13.3. The second-order valence-corrected chi connectivity index (χ2v) is 9.28. The number of allylic oxidation sites excluding steroid dienone is 1. The van der Waals surface area contributed by atoms with E-state index in [1.54, 1.807) is 4.90 Å². The number of benzene rings is 2. The second kappa shape index (κ2) is 13.0. The van der Waals surface area contributed by atoms with Crippen LogP contribution >= 0.6 is 0 Å². The van der Waals surface area contributed by atoms with Crippen molar-refractivity contribution in [3.05, 3.63) is 65.2 Å². The lowest BCUT2D eigenvalue weighted by Crippen LogP contribution is -2.34. The van der Waals surface area contributed by atoms with Gasteiger partial charge in [-0.3, -0.25) is 19.2 Å². The predicted octanol–water partition coefficient (Wildman–Crippen LogP) is 3.00. The van der Waals surface area contributed by atoms with Crippen LogP contribution in [0.5, 0.6) is 0 Å². The molecule has 0 atom stereocenters. The fourth-order valence-electron chi connectivity index (χ4n) is 4.42. The number of anilines is 1. The second-order valence-electron chi connectivity index (χ2n) is 9.28. The van der Waals surface area contributed by atoms with E-state index in [0.717, 1.165) is 28.0 Å². The molecule has 0 bridgehead atoms. The lowest BCUT2D eigenvalue weighted by atomic mass is 9.96. The Morgan fingerprint density at radius 3 is 2.41 bits per heavy atom. The fraction of sp³-hybridized carbons (Fsp3) is 0.345. The third kappa shape index (κ3) is 7.17. The molecular weight excluding hydrogens is 502 g/mol. The summed E-state index contributed by atoms with van der Waals surface area (Å²) in [5.74, 6) is -2.26. The Morgan fingerprint density at radius 2 is 1.62 bits per heavy atom. The van der Waals surface area contributed by atoms with Crippen LogP contribution in [0.3, 0.4) is 0 Å². The molecule has 10 nitrogen and oxygen atoms in total. The molecular formula is C29H31N3O7. The molecule has 2 aliphatic heterocycles. The van der Waals surface area contributed by atoms with Crippen molar-refractivity contribution in [3.63, 3.8) is 0 Å². The van der Waals surface area contributed by atoms with Crippen molar-refractivity contribution in [2.75, 3.05) is 24.7 Å². The van der Waals surface area contributed by atoms with Gasteiger partial charge in [-0.25, -0.2) is 4.79 Å². The van der Waals surface area contributed by atoms with Crippen molar-refractivity contribution >= 4 is 46.9 Å². The minimum absolute atomic E-state index is 0.00706. The number of imide groups is 1. The lowest BCUT2D eigenvalue weighted by Gasteiger charge is -2.28. The zero-order chi connectivity index (χ0) is 27.8. The van der Waals surface area contributed by atoms with E-state index in [0.29, 0.717) is 11.6 Å². The number of hydrogen-bond donors (Lipinski definition) is 1. The van der Waals surface area contributed by atoms with E-state index in [-0.39, 0.29) is 63.7 Å². The van der Waals surface area contributed by atoms with Crippen LogP contribution in [0.25, 0.3) is 11.6 Å². The monoisotopic (exact) mass is 533 g/mol. The van der Waals surface area contributed by atoms with Crippen molar-refractivity contribution in [1.29, 1.82) is 0 Å². The number of amides is 4. The number of hydroxylamine groups is 2. The summed E-state index contributed by atoms with van der Waals surface area (Å²) in [6.07, 6.45) is 2.12. The molecule has 204 valence electrons. The SMILES string of the molecule is CC1=Cc2ccccc2CN(C(=O)CCC(=O)NCCOCCC(=O)ON2C(=O)CCC2=O)c2ccccc21. The van der Waals surface area contributed by atoms with E-state index in [1.807, 2.05) is 55.5 Å². The van der Waals surface area contributed by atoms with Gasteiger partial charge in [-0.2, -0.15) is 0 Å². The summed E-state index contributed by atoms with van der Waals surface area (Å²) in [4.78, 5) is 66.8. The molecule has 1 saturated heterocycles. The first kappa shape index (κ1) is 27.7. The molecule has 0 radical (unpaired) electrons. The predicted molar refractivity (Wildman–Crippen MR) is 142 cm³/mol. The Balaban J connectivity index is 1.21. The fourth-order valence-corrected chi connectivity index (χ4v) is 4.42. The van der Waals surface area contributed by atoms with E-state index in [4.69, 9.17) is 9.57 Å². The molecule has 1 N–H and O–H groups in total. The molecule has 10 heteroatoms. The first-order valence-electron chi connectivity index (χ1n) is 12.9. The van der Waals surface area contributed by atoms with Crippen LogP contribution < -0.4 is 10.2 Å². The highest BCUT2D eigenvalue weighted by Gasteiger charge is 2.32. The van der Waals surface area contributed by atoms with Crippen molar-refractivity contribution in [2.24, 2.45) is 0 Å². The molecule has 0 spiro atoms. The highest BCUT2D eigenvalue weighted by molar-refractivity contribution is 6.02. The van der Waals surface area contributed by atoms with Gasteiger partial charge in [-0.15, -0.1) is 5.06 Å². The van der Waals surface area contributed by atoms with E-state index in [2.05, 4.69) is 11.4 Å². The number of fused-ring (bicyclic) bond motifs is 2. The summed E-state index contributed by atoms with van der Waals surface area (Å²) in [5, 5.41) is 3.20. The molecule has 2 aromatic carbocycles. The Hall–Kier alpha value is -4.31. The van der Waals surface area contributed by atoms with Crippen LogP contribution in [0.4, 0.5) is 5.69 Å². The van der Waals surface area contributed by atoms with Gasteiger partial charge in [-0.1, -0.05) is 48.5 Å². The largest absolute Gasteiger partial charge is 0.379 e. The standard InChI is InChI=1S/C29H31N3O7/c1-20-18-21-6-2-3-7-22(21)19-31(24-9-5-4-8-23(20)24)26(34)11-10-25(33)30-15-17-38-16-14-29(37)39-32-27(35)12-13-28(32)36/h2-9,18H,10-17,19H2,1H3,(H,30,33). The quantitative estimate of drug-likeness (QED) is 0.368. The molecule has 1 fully saturated rings. The number of nitrogens with one attached hydrogen (secondary N) is 1. The summed E-state index contributed by atoms with van der Waals surface area (Å²) in [7, 11) is 0. The number of nitrogens with zero attached hydrogens (tertiary/aromatic N) is 2. The average Bonchev–Trinajstić information content (AvgIpc) is 3.24. The van der Waals surface area contributed by atoms with Gasteiger partial charge in [0.2, 0.25) is 11.8 Å². The third-order valence-electron chi connectivity index (χ3n) is 6.46. The minimum Gasteiger partial charge on any atom is -0.379 e. The maximum absolute atomic E-state index is 13.3. The van der Waals surface area contributed by atoms with Crippen molar-refractivity contribution in [3.8, 4) is 0 Å². The van der Waals surface area contributed by atoms with Gasteiger partial charge in [0, 0.05) is 37.8 Å². The molecule has 2 heterocycles. The zero-order valence-corrected chi connectivity index (χ0v) is 21.8. The first-order valence-corrected chi connectivity index (χ1v) is 12.9. The summed E-state index contributed by atoms with van der Waals surface area (Å²) >= 11 is 0. The Labute approximate surface area is 226 Å². The Morgan fingerprint density at radius 1 is 0.897 bits per heavy atom. The molecule has 0 saturated carbocycles. The molecule has 0 unspecified atom stereocenters. The van der Waals surface area contributed by atoms with Crippen molar-refractivity contribution in [2.45, 2.75) is 45.6 Å². The molecule has 2 aliphatic rings. The highest BCUT2D eigenvalue weighted by atomic mass is 16.7. The van der Waals surface area contributed by atoms with Gasteiger partial charge < -0.3 is 19.8 Å². The van der Waals surface area contributed by atoms with Gasteiger partial charge >= 0.3 is 5.97 Å². The van der Waals surface area contributed by atoms with Crippen LogP contribution in [0.2, 0.25) is 0 Å². The highest BCUT2D eigenvalue weighted by Crippen LogP contribution is 2.33. The van der Waals surface area contributed by atoms with Gasteiger partial charge in [0.25, 0.3) is 11.8 Å². The van der Waals surface area contributed by atoms with Crippen LogP contribution in [-0.2, 0) is 40.1 Å². The number of carbonyl (C=O) groups excluding carboxylic acids is 5. The van der Waals surface area contributed by atoms with Crippen LogP contribution in [-0.4, -0.2) is 54.4 Å². The summed E-state index contributed by atoms with van der Waals surface area (Å²) in [6, 6.07) is 15.7. The topological polar surface area (TPSA) is 122 Å². The average molecular weight is 534 g/mol. The first-order chi connectivity index (χ1) is 18.8. The number of carbonyl (C=O) groups is 5. The normalized spacial score (nSPS) is 14.6. The number of para-hydroxylation sites is 1. The number of ether oxygens (including phenoxy) is 1. The van der Waals surface area contributed by atoms with Gasteiger partial charge in [-0.05, 0) is 29.7 Å². The van der Waals surface area contributed by atoms with Gasteiger partial charge in [0.05, 0.1) is 31.9 Å². The van der Waals surface area contributed by atoms with Gasteiger partial charge in [0.1, 0.15) is 0 Å². The van der Waals surface area contributed by atoms with Crippen molar-refractivity contribution in [1.82, 2.24) is 10.4 Å².